The molecule has 0 radical (unpaired) electrons. The lowest BCUT2D eigenvalue weighted by molar-refractivity contribution is 0.579. The number of nitrogens with one attached hydrogen (secondary N) is 1. The van der Waals surface area contributed by atoms with Gasteiger partial charge in [-0.3, -0.25) is 0 Å². The Bertz CT molecular complexity index is 989. The second kappa shape index (κ2) is 4.59. The molecule has 0 spiro atoms. The Kier molecular flexibility index (Phi) is 2.69. The van der Waals surface area contributed by atoms with Crippen molar-refractivity contribution >= 4 is 21.8 Å². The summed E-state index contributed by atoms with van der Waals surface area (Å²) in [7, 11) is 0. The smallest absolute Gasteiger partial charge is 0.152 e. The zero-order valence-corrected chi connectivity index (χ0v) is 11.1. The average Bonchev–Trinajstić information content (AvgIpc) is 3.11. The Labute approximate surface area is 122 Å². The zero-order chi connectivity index (χ0) is 15.3. The van der Waals surface area contributed by atoms with Gasteiger partial charge in [-0.25, -0.2) is 22.8 Å². The minimum atomic E-state index is -0.580. The largest absolute Gasteiger partial charge is 0.352 e. The van der Waals surface area contributed by atoms with E-state index in [9.17, 15) is 13.2 Å². The lowest BCUT2D eigenvalue weighted by Gasteiger charge is -2.05. The summed E-state index contributed by atoms with van der Waals surface area (Å²) < 4.78 is 43.7. The van der Waals surface area contributed by atoms with E-state index < -0.39 is 17.5 Å². The summed E-state index contributed by atoms with van der Waals surface area (Å²) >= 11 is 0. The summed E-state index contributed by atoms with van der Waals surface area (Å²) in [5, 5.41) is 4.44. The molecule has 110 valence electrons. The van der Waals surface area contributed by atoms with Gasteiger partial charge in [-0.1, -0.05) is 0 Å². The number of benzene rings is 2. The van der Waals surface area contributed by atoms with Crippen LogP contribution in [0, 0.1) is 17.5 Å². The fourth-order valence-corrected chi connectivity index (χ4v) is 2.64. The highest BCUT2D eigenvalue weighted by Gasteiger charge is 2.17. The number of fused-ring (bicyclic) bond motifs is 3. The normalized spacial score (nSPS) is 11.6. The van der Waals surface area contributed by atoms with Gasteiger partial charge in [0.25, 0.3) is 0 Å². The van der Waals surface area contributed by atoms with Gasteiger partial charge >= 0.3 is 0 Å². The van der Waals surface area contributed by atoms with Crippen molar-refractivity contribution in [1.82, 2.24) is 19.7 Å². The van der Waals surface area contributed by atoms with Crippen molar-refractivity contribution in [2.75, 3.05) is 0 Å². The molecule has 4 rings (SSSR count). The van der Waals surface area contributed by atoms with E-state index in [1.807, 2.05) is 0 Å². The van der Waals surface area contributed by atoms with Gasteiger partial charge < -0.3 is 4.98 Å². The molecule has 22 heavy (non-hydrogen) atoms. The number of halogens is 3. The van der Waals surface area contributed by atoms with Crippen LogP contribution in [0.4, 0.5) is 13.2 Å². The van der Waals surface area contributed by atoms with E-state index in [-0.39, 0.29) is 23.0 Å². The highest BCUT2D eigenvalue weighted by atomic mass is 19.1. The van der Waals surface area contributed by atoms with E-state index in [1.54, 1.807) is 0 Å². The first-order valence-electron chi connectivity index (χ1n) is 6.53. The average molecular weight is 302 g/mol. The summed E-state index contributed by atoms with van der Waals surface area (Å²) in [6.45, 7) is 0.0580. The highest BCUT2D eigenvalue weighted by molar-refractivity contribution is 6.07. The molecule has 0 bridgehead atoms. The molecule has 0 atom stereocenters. The lowest BCUT2D eigenvalue weighted by Crippen LogP contribution is -2.03. The van der Waals surface area contributed by atoms with Crippen molar-refractivity contribution in [3.8, 4) is 0 Å². The van der Waals surface area contributed by atoms with Crippen molar-refractivity contribution < 1.29 is 13.2 Å². The van der Waals surface area contributed by atoms with Gasteiger partial charge in [0.15, 0.2) is 5.82 Å². The number of hydrogen-bond acceptors (Lipinski definition) is 2. The Balaban J connectivity index is 1.98. The topological polar surface area (TPSA) is 46.5 Å². The van der Waals surface area contributed by atoms with Crippen LogP contribution in [-0.2, 0) is 6.54 Å². The molecule has 0 aliphatic carbocycles. The Hall–Kier alpha value is -2.83. The molecule has 1 N–H and O–H groups in total. The fourth-order valence-electron chi connectivity index (χ4n) is 2.64. The molecule has 0 fully saturated rings. The van der Waals surface area contributed by atoms with Crippen LogP contribution in [0.1, 0.15) is 5.56 Å². The van der Waals surface area contributed by atoms with Crippen LogP contribution in [0.5, 0.6) is 0 Å². The Morgan fingerprint density at radius 1 is 1.14 bits per heavy atom. The van der Waals surface area contributed by atoms with Gasteiger partial charge in [0.1, 0.15) is 24.3 Å². The fraction of sp³-hybridized carbons (Fsp3) is 0.0667. The maximum absolute atomic E-state index is 14.6. The molecule has 0 aliphatic heterocycles. The second-order valence-electron chi connectivity index (χ2n) is 4.99. The molecule has 2 aromatic carbocycles. The summed E-state index contributed by atoms with van der Waals surface area (Å²) in [6.07, 6.45) is 2.74. The molecule has 2 heterocycles. The summed E-state index contributed by atoms with van der Waals surface area (Å²) in [6, 6.07) is 5.00. The van der Waals surface area contributed by atoms with Gasteiger partial charge in [-0.15, -0.1) is 0 Å². The standard InChI is InChI=1S/C15H9F3N4/c16-9-1-2-10-12(4-9)21-15-13(10)11(17)3-8(14(15)18)5-22-7-19-6-20-22/h1-4,6-7,21H,5H2. The third kappa shape index (κ3) is 1.86. The maximum Gasteiger partial charge on any atom is 0.152 e. The molecule has 0 saturated heterocycles. The molecule has 7 heteroatoms. The first-order valence-corrected chi connectivity index (χ1v) is 6.53. The summed E-state index contributed by atoms with van der Waals surface area (Å²) in [5.74, 6) is -1.62. The quantitative estimate of drug-likeness (QED) is 0.617. The van der Waals surface area contributed by atoms with Crippen LogP contribution in [0.25, 0.3) is 21.8 Å². The van der Waals surface area contributed by atoms with Crippen LogP contribution in [-0.4, -0.2) is 19.7 Å². The summed E-state index contributed by atoms with van der Waals surface area (Å²) in [5.41, 5.74) is 0.518. The number of aromatic nitrogens is 4. The van der Waals surface area contributed by atoms with Crippen LogP contribution in [0.2, 0.25) is 0 Å². The van der Waals surface area contributed by atoms with Crippen molar-refractivity contribution in [2.45, 2.75) is 6.54 Å². The van der Waals surface area contributed by atoms with Gasteiger partial charge in [0.2, 0.25) is 0 Å². The van der Waals surface area contributed by atoms with Crippen molar-refractivity contribution in [2.24, 2.45) is 0 Å². The van der Waals surface area contributed by atoms with Crippen LogP contribution in [0.15, 0.2) is 36.9 Å². The van der Waals surface area contributed by atoms with Gasteiger partial charge in [0.05, 0.1) is 12.1 Å². The van der Waals surface area contributed by atoms with E-state index in [2.05, 4.69) is 15.1 Å². The van der Waals surface area contributed by atoms with Crippen LogP contribution < -0.4 is 0 Å². The molecular formula is C15H9F3N4. The Morgan fingerprint density at radius 2 is 2.00 bits per heavy atom. The molecule has 0 aliphatic rings. The van der Waals surface area contributed by atoms with Gasteiger partial charge in [-0.2, -0.15) is 5.10 Å². The molecule has 4 aromatic rings. The van der Waals surface area contributed by atoms with Gasteiger partial charge in [-0.05, 0) is 24.3 Å². The number of nitrogens with zero attached hydrogens (tertiary/aromatic N) is 3. The molecular weight excluding hydrogens is 293 g/mol. The number of rotatable bonds is 2. The van der Waals surface area contributed by atoms with E-state index in [0.29, 0.717) is 10.9 Å². The molecule has 0 unspecified atom stereocenters. The second-order valence-corrected chi connectivity index (χ2v) is 4.99. The lowest BCUT2D eigenvalue weighted by atomic mass is 10.1. The summed E-state index contributed by atoms with van der Waals surface area (Å²) in [4.78, 5) is 6.51. The minimum absolute atomic E-state index is 0.0238. The van der Waals surface area contributed by atoms with Crippen LogP contribution in [0.3, 0.4) is 0 Å². The van der Waals surface area contributed by atoms with Gasteiger partial charge in [0, 0.05) is 21.9 Å². The zero-order valence-electron chi connectivity index (χ0n) is 11.1. The van der Waals surface area contributed by atoms with Crippen LogP contribution >= 0.6 is 0 Å². The molecule has 0 amide bonds. The number of H-pyrrole nitrogens is 1. The third-order valence-electron chi connectivity index (χ3n) is 3.60. The van der Waals surface area contributed by atoms with E-state index >= 15 is 0 Å². The highest BCUT2D eigenvalue weighted by Crippen LogP contribution is 2.31. The first-order chi connectivity index (χ1) is 10.6. The van der Waals surface area contributed by atoms with E-state index in [1.165, 1.54) is 35.5 Å². The van der Waals surface area contributed by atoms with E-state index in [4.69, 9.17) is 0 Å². The SMILES string of the molecule is Fc1ccc2c(c1)[nH]c1c(F)c(Cn3cncn3)cc(F)c12. The molecule has 2 aromatic heterocycles. The first kappa shape index (κ1) is 12.9. The van der Waals surface area contributed by atoms with Crippen molar-refractivity contribution in [3.05, 3.63) is 59.9 Å². The van der Waals surface area contributed by atoms with Crippen molar-refractivity contribution in [1.29, 1.82) is 0 Å². The number of aromatic amines is 1. The predicted octanol–water partition coefficient (Wildman–Crippen LogP) is 3.38. The molecule has 0 saturated carbocycles. The third-order valence-corrected chi connectivity index (χ3v) is 3.60. The van der Waals surface area contributed by atoms with Crippen molar-refractivity contribution in [3.63, 3.8) is 0 Å². The number of hydrogen-bond donors (Lipinski definition) is 1. The predicted molar refractivity (Wildman–Crippen MR) is 74.8 cm³/mol. The molecule has 4 nitrogen and oxygen atoms in total. The minimum Gasteiger partial charge on any atom is -0.352 e. The Morgan fingerprint density at radius 3 is 2.77 bits per heavy atom. The maximum atomic E-state index is 14.6. The van der Waals surface area contributed by atoms with E-state index in [0.717, 1.165) is 6.07 Å². The monoisotopic (exact) mass is 302 g/mol.